The SMILES string of the molecule is C=CCN(C)C(=O)[C@@H]1[C@H]2C(=O)N(CCCCCO)C(C(=O)N(CC=C)C(C)CCC)C23CC[C@@]1(CC)O3. The molecule has 37 heavy (non-hydrogen) atoms. The number of likely N-dealkylation sites (N-methyl/N-ethyl adjacent to an activating group) is 1. The highest BCUT2D eigenvalue weighted by Crippen LogP contribution is 2.64. The van der Waals surface area contributed by atoms with Crippen LogP contribution in [0.2, 0.25) is 0 Å². The van der Waals surface area contributed by atoms with Crippen molar-refractivity contribution in [2.24, 2.45) is 11.8 Å². The standard InChI is InChI=1S/C29H47N3O5/c1-7-14-21(5)31(18-9-3)27(36)24-29-16-15-28(10-4,37-29)22(25(34)30(6)17-8-2)23(29)26(35)32(24)19-12-11-13-20-33/h8-9,21-24,33H,2-3,7,10-20H2,1,4-6H3/t21?,22-,23-,24?,28+,29?/m0/s1. The molecule has 208 valence electrons. The highest BCUT2D eigenvalue weighted by atomic mass is 16.5. The number of ether oxygens (including phenoxy) is 1. The average molecular weight is 518 g/mol. The molecule has 8 heteroatoms. The van der Waals surface area contributed by atoms with Gasteiger partial charge in [-0.05, 0) is 51.9 Å². The van der Waals surface area contributed by atoms with Crippen molar-refractivity contribution in [3.8, 4) is 0 Å². The van der Waals surface area contributed by atoms with Gasteiger partial charge in [-0.3, -0.25) is 14.4 Å². The zero-order chi connectivity index (χ0) is 27.4. The molecule has 3 amide bonds. The van der Waals surface area contributed by atoms with Crippen molar-refractivity contribution in [1.82, 2.24) is 14.7 Å². The lowest BCUT2D eigenvalue weighted by Gasteiger charge is -2.39. The fourth-order valence-electron chi connectivity index (χ4n) is 7.06. The molecular formula is C29H47N3O5. The molecule has 1 N–H and O–H groups in total. The van der Waals surface area contributed by atoms with Crippen LogP contribution in [0.4, 0.5) is 0 Å². The first-order valence-corrected chi connectivity index (χ1v) is 14.1. The van der Waals surface area contributed by atoms with Crippen LogP contribution >= 0.6 is 0 Å². The number of carbonyl (C=O) groups is 3. The number of aliphatic hydroxyl groups excluding tert-OH is 1. The first-order chi connectivity index (χ1) is 17.7. The molecule has 3 saturated heterocycles. The summed E-state index contributed by atoms with van der Waals surface area (Å²) in [6, 6.07) is -0.776. The van der Waals surface area contributed by atoms with E-state index in [0.29, 0.717) is 51.7 Å². The predicted molar refractivity (Wildman–Crippen MR) is 144 cm³/mol. The number of rotatable bonds is 15. The Balaban J connectivity index is 2.07. The van der Waals surface area contributed by atoms with Gasteiger partial charge in [0.15, 0.2) is 0 Å². The van der Waals surface area contributed by atoms with E-state index in [4.69, 9.17) is 4.74 Å². The largest absolute Gasteiger partial charge is 0.396 e. The van der Waals surface area contributed by atoms with E-state index in [0.717, 1.165) is 19.3 Å². The molecule has 0 aromatic carbocycles. The second-order valence-electron chi connectivity index (χ2n) is 11.1. The fourth-order valence-corrected chi connectivity index (χ4v) is 7.06. The van der Waals surface area contributed by atoms with Gasteiger partial charge >= 0.3 is 0 Å². The van der Waals surface area contributed by atoms with Crippen LogP contribution in [0, 0.1) is 11.8 Å². The molecule has 0 aliphatic carbocycles. The minimum atomic E-state index is -1.01. The second-order valence-corrected chi connectivity index (χ2v) is 11.1. The lowest BCUT2D eigenvalue weighted by atomic mass is 9.64. The maximum atomic E-state index is 14.4. The summed E-state index contributed by atoms with van der Waals surface area (Å²) in [5.41, 5.74) is -1.76. The Labute approximate surface area is 222 Å². The molecule has 0 aromatic heterocycles. The Morgan fingerprint density at radius 3 is 2.46 bits per heavy atom. The van der Waals surface area contributed by atoms with Crippen LogP contribution in [0.1, 0.15) is 72.1 Å². The molecule has 3 heterocycles. The summed E-state index contributed by atoms with van der Waals surface area (Å²) in [4.78, 5) is 47.5. The highest BCUT2D eigenvalue weighted by Gasteiger charge is 2.78. The number of nitrogens with zero attached hydrogens (tertiary/aromatic N) is 3. The third kappa shape index (κ3) is 4.99. The number of fused-ring (bicyclic) bond motifs is 1. The predicted octanol–water partition coefficient (Wildman–Crippen LogP) is 3.15. The minimum absolute atomic E-state index is 0.00724. The van der Waals surface area contributed by atoms with Gasteiger partial charge in [0.2, 0.25) is 17.7 Å². The van der Waals surface area contributed by atoms with Crippen LogP contribution in [-0.4, -0.2) is 94.1 Å². The van der Waals surface area contributed by atoms with Crippen molar-refractivity contribution >= 4 is 17.7 Å². The zero-order valence-corrected chi connectivity index (χ0v) is 23.3. The van der Waals surface area contributed by atoms with Gasteiger partial charge < -0.3 is 24.5 Å². The van der Waals surface area contributed by atoms with E-state index in [9.17, 15) is 19.5 Å². The fraction of sp³-hybridized carbons (Fsp3) is 0.759. The molecule has 3 aliphatic rings. The van der Waals surface area contributed by atoms with Gasteiger partial charge in [-0.1, -0.05) is 32.4 Å². The van der Waals surface area contributed by atoms with Crippen molar-refractivity contribution in [3.05, 3.63) is 25.3 Å². The Hall–Kier alpha value is -2.19. The number of hydrogen-bond donors (Lipinski definition) is 1. The van der Waals surface area contributed by atoms with Crippen molar-refractivity contribution in [3.63, 3.8) is 0 Å². The molecule has 0 radical (unpaired) electrons. The van der Waals surface area contributed by atoms with E-state index in [1.807, 2.05) is 18.7 Å². The van der Waals surface area contributed by atoms with E-state index < -0.39 is 29.1 Å². The Kier molecular flexibility index (Phi) is 9.62. The van der Waals surface area contributed by atoms with Crippen LogP contribution in [0.3, 0.4) is 0 Å². The van der Waals surface area contributed by atoms with Crippen molar-refractivity contribution in [1.29, 1.82) is 0 Å². The van der Waals surface area contributed by atoms with Gasteiger partial charge in [0.25, 0.3) is 0 Å². The average Bonchev–Trinajstić information content (AvgIpc) is 3.48. The van der Waals surface area contributed by atoms with E-state index in [1.165, 1.54) is 0 Å². The lowest BCUT2D eigenvalue weighted by Crippen LogP contribution is -2.58. The maximum absolute atomic E-state index is 14.4. The van der Waals surface area contributed by atoms with Crippen LogP contribution in [-0.2, 0) is 19.1 Å². The normalized spacial score (nSPS) is 30.8. The quantitative estimate of drug-likeness (QED) is 0.266. The molecule has 1 spiro atoms. The van der Waals surface area contributed by atoms with Gasteiger partial charge in [0.1, 0.15) is 11.6 Å². The topological polar surface area (TPSA) is 90.4 Å². The molecule has 0 saturated carbocycles. The molecule has 3 rings (SSSR count). The lowest BCUT2D eigenvalue weighted by molar-refractivity contribution is -0.155. The van der Waals surface area contributed by atoms with Crippen LogP contribution in [0.25, 0.3) is 0 Å². The van der Waals surface area contributed by atoms with Crippen LogP contribution < -0.4 is 0 Å². The summed E-state index contributed by atoms with van der Waals surface area (Å²) in [7, 11) is 1.74. The van der Waals surface area contributed by atoms with Crippen molar-refractivity contribution in [2.75, 3.05) is 33.3 Å². The first-order valence-electron chi connectivity index (χ1n) is 14.1. The summed E-state index contributed by atoms with van der Waals surface area (Å²) in [6.45, 7) is 15.1. The van der Waals surface area contributed by atoms with Gasteiger partial charge in [0.05, 0.1) is 17.4 Å². The number of likely N-dealkylation sites (tertiary alicyclic amines) is 1. The Bertz CT molecular complexity index is 878. The number of hydrogen-bond acceptors (Lipinski definition) is 5. The maximum Gasteiger partial charge on any atom is 0.248 e. The number of carbonyl (C=O) groups excluding carboxylic acids is 3. The van der Waals surface area contributed by atoms with E-state index in [-0.39, 0.29) is 30.4 Å². The smallest absolute Gasteiger partial charge is 0.248 e. The van der Waals surface area contributed by atoms with E-state index in [1.54, 1.807) is 29.0 Å². The number of aliphatic hydroxyl groups is 1. The molecule has 6 atom stereocenters. The van der Waals surface area contributed by atoms with E-state index >= 15 is 0 Å². The summed E-state index contributed by atoms with van der Waals surface area (Å²) >= 11 is 0. The highest BCUT2D eigenvalue weighted by molar-refractivity contribution is 5.99. The number of unbranched alkanes of at least 4 members (excludes halogenated alkanes) is 2. The van der Waals surface area contributed by atoms with E-state index in [2.05, 4.69) is 20.1 Å². The summed E-state index contributed by atoms with van der Waals surface area (Å²) < 4.78 is 6.86. The van der Waals surface area contributed by atoms with Gasteiger partial charge in [-0.25, -0.2) is 0 Å². The third-order valence-corrected chi connectivity index (χ3v) is 8.86. The Morgan fingerprint density at radius 2 is 1.86 bits per heavy atom. The first kappa shape index (κ1) is 29.4. The second kappa shape index (κ2) is 12.1. The van der Waals surface area contributed by atoms with Crippen LogP contribution in [0.15, 0.2) is 25.3 Å². The molecule has 3 unspecified atom stereocenters. The Morgan fingerprint density at radius 1 is 1.16 bits per heavy atom. The van der Waals surface area contributed by atoms with Crippen molar-refractivity contribution in [2.45, 2.75) is 95.4 Å². The van der Waals surface area contributed by atoms with Gasteiger partial charge in [-0.15, -0.1) is 13.2 Å². The summed E-state index contributed by atoms with van der Waals surface area (Å²) in [5.74, 6) is -1.68. The molecule has 3 aliphatic heterocycles. The van der Waals surface area contributed by atoms with Crippen LogP contribution in [0.5, 0.6) is 0 Å². The minimum Gasteiger partial charge on any atom is -0.396 e. The molecular weight excluding hydrogens is 470 g/mol. The monoisotopic (exact) mass is 517 g/mol. The molecule has 3 fully saturated rings. The van der Waals surface area contributed by atoms with Gasteiger partial charge in [0, 0.05) is 39.3 Å². The summed E-state index contributed by atoms with van der Waals surface area (Å²) in [6.07, 6.45) is 9.12. The molecule has 2 bridgehead atoms. The molecule has 8 nitrogen and oxygen atoms in total. The van der Waals surface area contributed by atoms with Crippen molar-refractivity contribution < 1.29 is 24.2 Å². The third-order valence-electron chi connectivity index (χ3n) is 8.86. The zero-order valence-electron chi connectivity index (χ0n) is 23.3. The van der Waals surface area contributed by atoms with Gasteiger partial charge in [-0.2, -0.15) is 0 Å². The summed E-state index contributed by atoms with van der Waals surface area (Å²) in [5, 5.41) is 9.24. The molecule has 0 aromatic rings. The number of amides is 3.